The van der Waals surface area contributed by atoms with Gasteiger partial charge in [0.15, 0.2) is 17.5 Å². The molecule has 0 atom stereocenters. The third-order valence-electron chi connectivity index (χ3n) is 3.68. The lowest BCUT2D eigenvalue weighted by molar-refractivity contribution is -0.118. The topological polar surface area (TPSA) is 51.2 Å². The zero-order valence-corrected chi connectivity index (χ0v) is 17.5. The molecule has 0 bridgehead atoms. The molecule has 1 aromatic heterocycles. The molecule has 1 amide bonds. The van der Waals surface area contributed by atoms with E-state index >= 15 is 0 Å². The molecule has 0 unspecified atom stereocenters. The molecular formula is C17H12Cl4N2O2S. The number of para-hydroxylation sites is 1. The molecule has 0 aliphatic rings. The first kappa shape index (κ1) is 19.5. The molecule has 0 fully saturated rings. The minimum Gasteiger partial charge on any atom is -0.481 e. The number of benzene rings is 2. The van der Waals surface area contributed by atoms with Crippen LogP contribution in [0, 0.1) is 13.8 Å². The predicted octanol–water partition coefficient (Wildman–Crippen LogP) is 6.54. The molecule has 9 heteroatoms. The Morgan fingerprint density at radius 2 is 1.77 bits per heavy atom. The quantitative estimate of drug-likeness (QED) is 0.491. The van der Waals surface area contributed by atoms with E-state index in [2.05, 4.69) is 10.3 Å². The number of thiazole rings is 1. The minimum atomic E-state index is -0.391. The van der Waals surface area contributed by atoms with E-state index in [0.29, 0.717) is 31.8 Å². The molecule has 0 saturated heterocycles. The summed E-state index contributed by atoms with van der Waals surface area (Å²) in [5.41, 5.74) is 1.93. The van der Waals surface area contributed by atoms with Gasteiger partial charge in [-0.05, 0) is 37.1 Å². The largest absolute Gasteiger partial charge is 0.481 e. The molecule has 2 aromatic carbocycles. The molecule has 3 aromatic rings. The number of ether oxygens (including phenoxy) is 1. The summed E-state index contributed by atoms with van der Waals surface area (Å²) in [5.74, 6) is -0.159. The van der Waals surface area contributed by atoms with Crippen LogP contribution in [0.4, 0.5) is 5.13 Å². The van der Waals surface area contributed by atoms with Gasteiger partial charge in [-0.3, -0.25) is 10.1 Å². The number of hydrogen-bond donors (Lipinski definition) is 1. The normalized spacial score (nSPS) is 11.0. The second kappa shape index (κ2) is 7.79. The van der Waals surface area contributed by atoms with Gasteiger partial charge < -0.3 is 4.74 Å². The van der Waals surface area contributed by atoms with Crippen molar-refractivity contribution in [3.8, 4) is 5.75 Å². The van der Waals surface area contributed by atoms with Crippen LogP contribution in [0.2, 0.25) is 20.1 Å². The smallest absolute Gasteiger partial charge is 0.264 e. The molecule has 26 heavy (non-hydrogen) atoms. The fraction of sp³-hybridized carbons (Fsp3) is 0.176. The van der Waals surface area contributed by atoms with Crippen molar-refractivity contribution in [2.45, 2.75) is 13.8 Å². The van der Waals surface area contributed by atoms with E-state index in [1.165, 1.54) is 11.3 Å². The maximum atomic E-state index is 12.2. The highest BCUT2D eigenvalue weighted by atomic mass is 35.5. The Morgan fingerprint density at radius 3 is 2.38 bits per heavy atom. The number of carbonyl (C=O) groups excluding carboxylic acids is 1. The van der Waals surface area contributed by atoms with Crippen molar-refractivity contribution in [1.82, 2.24) is 4.98 Å². The first-order valence-corrected chi connectivity index (χ1v) is 9.73. The molecular weight excluding hydrogens is 438 g/mol. The summed E-state index contributed by atoms with van der Waals surface area (Å²) in [6.07, 6.45) is 0. The van der Waals surface area contributed by atoms with Crippen molar-refractivity contribution < 1.29 is 9.53 Å². The zero-order valence-electron chi connectivity index (χ0n) is 13.6. The van der Waals surface area contributed by atoms with Gasteiger partial charge in [0.2, 0.25) is 0 Å². The fourth-order valence-corrected chi connectivity index (χ4v) is 4.30. The number of nitrogens with one attached hydrogen (secondary N) is 1. The molecule has 0 radical (unpaired) electrons. The van der Waals surface area contributed by atoms with Gasteiger partial charge in [-0.25, -0.2) is 4.98 Å². The molecule has 1 heterocycles. The van der Waals surface area contributed by atoms with Gasteiger partial charge in [0.05, 0.1) is 19.8 Å². The monoisotopic (exact) mass is 448 g/mol. The lowest BCUT2D eigenvalue weighted by Gasteiger charge is -2.15. The van der Waals surface area contributed by atoms with Crippen LogP contribution in [0.1, 0.15) is 11.1 Å². The van der Waals surface area contributed by atoms with E-state index in [0.717, 1.165) is 4.70 Å². The summed E-state index contributed by atoms with van der Waals surface area (Å²) in [6, 6.07) is 5.45. The average molecular weight is 450 g/mol. The summed E-state index contributed by atoms with van der Waals surface area (Å²) in [6.45, 7) is 3.24. The van der Waals surface area contributed by atoms with E-state index in [9.17, 15) is 4.79 Å². The van der Waals surface area contributed by atoms with Crippen LogP contribution in [0.5, 0.6) is 5.75 Å². The summed E-state index contributed by atoms with van der Waals surface area (Å²) in [7, 11) is 0. The Kier molecular flexibility index (Phi) is 5.85. The number of nitrogens with zero attached hydrogens (tertiary/aromatic N) is 1. The predicted molar refractivity (Wildman–Crippen MR) is 110 cm³/mol. The zero-order chi connectivity index (χ0) is 19.0. The van der Waals surface area contributed by atoms with Crippen molar-refractivity contribution in [2.24, 2.45) is 0 Å². The van der Waals surface area contributed by atoms with E-state index in [1.54, 1.807) is 19.9 Å². The highest BCUT2D eigenvalue weighted by Crippen LogP contribution is 2.42. The Hall–Kier alpha value is -1.24. The van der Waals surface area contributed by atoms with Gasteiger partial charge in [0, 0.05) is 5.02 Å². The molecule has 3 rings (SSSR count). The van der Waals surface area contributed by atoms with Crippen LogP contribution in [0.25, 0.3) is 10.2 Å². The molecule has 136 valence electrons. The van der Waals surface area contributed by atoms with Crippen LogP contribution in [0.15, 0.2) is 18.2 Å². The second-order valence-corrected chi connectivity index (χ2v) is 8.04. The minimum absolute atomic E-state index is 0.232. The van der Waals surface area contributed by atoms with Crippen LogP contribution in [0.3, 0.4) is 0 Å². The van der Waals surface area contributed by atoms with Gasteiger partial charge in [-0.2, -0.15) is 0 Å². The Bertz CT molecular complexity index is 991. The summed E-state index contributed by atoms with van der Waals surface area (Å²) in [4.78, 5) is 16.5. The number of hydrogen-bond acceptors (Lipinski definition) is 4. The van der Waals surface area contributed by atoms with Crippen molar-refractivity contribution >= 4 is 79.0 Å². The first-order chi connectivity index (χ1) is 12.3. The molecule has 4 nitrogen and oxygen atoms in total. The summed E-state index contributed by atoms with van der Waals surface area (Å²) < 4.78 is 6.41. The van der Waals surface area contributed by atoms with Crippen molar-refractivity contribution in [3.05, 3.63) is 49.4 Å². The summed E-state index contributed by atoms with van der Waals surface area (Å²) in [5, 5.41) is 4.68. The lowest BCUT2D eigenvalue weighted by atomic mass is 10.1. The molecule has 0 spiro atoms. The van der Waals surface area contributed by atoms with Crippen molar-refractivity contribution in [2.75, 3.05) is 11.9 Å². The lowest BCUT2D eigenvalue weighted by Crippen LogP contribution is -2.20. The number of amides is 1. The van der Waals surface area contributed by atoms with Gasteiger partial charge in [0.1, 0.15) is 5.52 Å². The van der Waals surface area contributed by atoms with Crippen molar-refractivity contribution in [3.63, 3.8) is 0 Å². The third kappa shape index (κ3) is 3.73. The highest BCUT2D eigenvalue weighted by Gasteiger charge is 2.19. The fourth-order valence-electron chi connectivity index (χ4n) is 2.30. The van der Waals surface area contributed by atoms with Crippen LogP contribution < -0.4 is 10.1 Å². The number of rotatable bonds is 4. The number of carbonyl (C=O) groups is 1. The van der Waals surface area contributed by atoms with E-state index in [-0.39, 0.29) is 22.4 Å². The van der Waals surface area contributed by atoms with Crippen LogP contribution >= 0.6 is 57.7 Å². The van der Waals surface area contributed by atoms with Crippen LogP contribution in [-0.2, 0) is 4.79 Å². The summed E-state index contributed by atoms with van der Waals surface area (Å²) >= 11 is 26.1. The second-order valence-electron chi connectivity index (χ2n) is 5.46. The number of aromatic nitrogens is 1. The van der Waals surface area contributed by atoms with Gasteiger partial charge >= 0.3 is 0 Å². The molecule has 0 aliphatic heterocycles. The maximum Gasteiger partial charge on any atom is 0.264 e. The number of fused-ring (bicyclic) bond motifs is 1. The highest BCUT2D eigenvalue weighted by molar-refractivity contribution is 7.22. The Morgan fingerprint density at radius 1 is 1.12 bits per heavy atom. The number of anilines is 1. The molecule has 0 aliphatic carbocycles. The first-order valence-electron chi connectivity index (χ1n) is 7.41. The van der Waals surface area contributed by atoms with Crippen molar-refractivity contribution in [1.29, 1.82) is 0 Å². The molecule has 1 N–H and O–H groups in total. The standard InChI is InChI=1S/C17H12Cl4N2O2S/c1-7-12(19)8(2)14(21)16(13(7)20)25-6-11(24)22-17-23-15-9(18)4-3-5-10(15)26-17/h3-5H,6H2,1-2H3,(H,22,23,24). The van der Waals surface area contributed by atoms with E-state index in [1.807, 2.05) is 12.1 Å². The SMILES string of the molecule is Cc1c(Cl)c(C)c(Cl)c(OCC(=O)Nc2nc3c(Cl)cccc3s2)c1Cl. The van der Waals surface area contributed by atoms with Gasteiger partial charge in [-0.15, -0.1) is 0 Å². The van der Waals surface area contributed by atoms with Crippen LogP contribution in [-0.4, -0.2) is 17.5 Å². The van der Waals surface area contributed by atoms with E-state index in [4.69, 9.17) is 51.1 Å². The van der Waals surface area contributed by atoms with E-state index < -0.39 is 5.91 Å². The molecule has 0 saturated carbocycles. The Labute approximate surface area is 174 Å². The van der Waals surface area contributed by atoms with Gasteiger partial charge in [-0.1, -0.05) is 63.8 Å². The average Bonchev–Trinajstić information content (AvgIpc) is 3.02. The third-order valence-corrected chi connectivity index (χ3v) is 6.40. The Balaban J connectivity index is 1.74. The van der Waals surface area contributed by atoms with Gasteiger partial charge in [0.25, 0.3) is 5.91 Å². The number of halogens is 4. The maximum absolute atomic E-state index is 12.2.